The molecule has 1 amide bonds. The summed E-state index contributed by atoms with van der Waals surface area (Å²) in [7, 11) is 1.65. The van der Waals surface area contributed by atoms with Crippen LogP contribution >= 0.6 is 11.8 Å². The Labute approximate surface area is 199 Å². The lowest BCUT2D eigenvalue weighted by atomic mass is 10.2. The second kappa shape index (κ2) is 10.9. The summed E-state index contributed by atoms with van der Waals surface area (Å²) in [5.41, 5.74) is 1.85. The van der Waals surface area contributed by atoms with Crippen molar-refractivity contribution in [2.45, 2.75) is 50.5 Å². The van der Waals surface area contributed by atoms with E-state index in [2.05, 4.69) is 14.8 Å². The number of hydrogen-bond acceptors (Lipinski definition) is 6. The first kappa shape index (κ1) is 23.3. The van der Waals surface area contributed by atoms with Gasteiger partial charge in [-0.2, -0.15) is 0 Å². The average Bonchev–Trinajstić information content (AvgIpc) is 3.49. The fourth-order valence-corrected chi connectivity index (χ4v) is 4.83. The van der Waals surface area contributed by atoms with Gasteiger partial charge in [0.2, 0.25) is 5.91 Å². The number of amides is 1. The highest BCUT2D eigenvalue weighted by Gasteiger charge is 2.24. The highest BCUT2D eigenvalue weighted by Crippen LogP contribution is 2.28. The van der Waals surface area contributed by atoms with Crippen molar-refractivity contribution in [2.24, 2.45) is 0 Å². The third-order valence-electron chi connectivity index (χ3n) is 5.62. The molecular weight excluding hydrogens is 436 g/mol. The Hall–Kier alpha value is -2.84. The van der Waals surface area contributed by atoms with E-state index in [1.54, 1.807) is 7.11 Å². The number of para-hydroxylation sites is 1. The van der Waals surface area contributed by atoms with Crippen molar-refractivity contribution in [2.75, 3.05) is 24.4 Å². The van der Waals surface area contributed by atoms with E-state index in [0.717, 1.165) is 47.4 Å². The Morgan fingerprint density at radius 2 is 1.94 bits per heavy atom. The van der Waals surface area contributed by atoms with Crippen LogP contribution in [0, 0.1) is 0 Å². The minimum Gasteiger partial charge on any atom is -0.497 e. The molecule has 0 radical (unpaired) electrons. The van der Waals surface area contributed by atoms with Gasteiger partial charge in [-0.1, -0.05) is 30.0 Å². The third kappa shape index (κ3) is 5.57. The van der Waals surface area contributed by atoms with Crippen molar-refractivity contribution in [1.82, 2.24) is 14.8 Å². The van der Waals surface area contributed by atoms with Gasteiger partial charge in [-0.15, -0.1) is 10.2 Å². The van der Waals surface area contributed by atoms with E-state index in [1.807, 2.05) is 73.3 Å². The molecular formula is C25H30N4O3S. The molecule has 4 rings (SSSR count). The number of thioether (sulfide) groups is 1. The largest absolute Gasteiger partial charge is 0.497 e. The zero-order valence-electron chi connectivity index (χ0n) is 19.3. The van der Waals surface area contributed by atoms with Crippen molar-refractivity contribution in [3.63, 3.8) is 0 Å². The predicted molar refractivity (Wildman–Crippen MR) is 131 cm³/mol. The van der Waals surface area contributed by atoms with Crippen molar-refractivity contribution in [3.05, 3.63) is 54.6 Å². The van der Waals surface area contributed by atoms with Crippen LogP contribution < -0.4 is 9.64 Å². The summed E-state index contributed by atoms with van der Waals surface area (Å²) in [6.07, 6.45) is 2.20. The molecule has 1 aliphatic heterocycles. The molecule has 1 saturated heterocycles. The van der Waals surface area contributed by atoms with Crippen LogP contribution in [0.2, 0.25) is 0 Å². The Balaban J connectivity index is 1.56. The van der Waals surface area contributed by atoms with Crippen LogP contribution in [0.4, 0.5) is 5.69 Å². The molecule has 1 aliphatic rings. The summed E-state index contributed by atoms with van der Waals surface area (Å²) in [5, 5.41) is 9.64. The van der Waals surface area contributed by atoms with Crippen molar-refractivity contribution < 1.29 is 14.3 Å². The second-order valence-electron chi connectivity index (χ2n) is 8.26. The Morgan fingerprint density at radius 1 is 1.18 bits per heavy atom. The molecule has 1 unspecified atom stereocenters. The van der Waals surface area contributed by atoms with Gasteiger partial charge >= 0.3 is 0 Å². The van der Waals surface area contributed by atoms with Gasteiger partial charge in [-0.05, 0) is 63.1 Å². The van der Waals surface area contributed by atoms with Gasteiger partial charge < -0.3 is 14.4 Å². The summed E-state index contributed by atoms with van der Waals surface area (Å²) in [5.74, 6) is 1.88. The summed E-state index contributed by atoms with van der Waals surface area (Å²) in [6.45, 7) is 5.50. The number of methoxy groups -OCH3 is 1. The molecule has 1 aromatic heterocycles. The number of rotatable bonds is 9. The monoisotopic (exact) mass is 466 g/mol. The molecule has 174 valence electrons. The third-order valence-corrected chi connectivity index (χ3v) is 6.57. The summed E-state index contributed by atoms with van der Waals surface area (Å²) in [6, 6.07) is 17.6. The van der Waals surface area contributed by atoms with E-state index in [-0.39, 0.29) is 23.8 Å². The number of ether oxygens (including phenoxy) is 2. The number of anilines is 1. The van der Waals surface area contributed by atoms with Gasteiger partial charge in [0.05, 0.1) is 25.5 Å². The first-order valence-corrected chi connectivity index (χ1v) is 12.2. The van der Waals surface area contributed by atoms with Gasteiger partial charge in [-0.25, -0.2) is 0 Å². The molecule has 7 nitrogen and oxygen atoms in total. The van der Waals surface area contributed by atoms with Crippen LogP contribution in [0.15, 0.2) is 59.8 Å². The summed E-state index contributed by atoms with van der Waals surface area (Å²) < 4.78 is 13.2. The quantitative estimate of drug-likeness (QED) is 0.427. The molecule has 0 N–H and O–H groups in total. The van der Waals surface area contributed by atoms with Gasteiger partial charge in [0.25, 0.3) is 0 Å². The zero-order valence-corrected chi connectivity index (χ0v) is 20.1. The molecule has 2 heterocycles. The van der Waals surface area contributed by atoms with Gasteiger partial charge in [0, 0.05) is 23.9 Å². The van der Waals surface area contributed by atoms with Crippen LogP contribution in [0.1, 0.15) is 26.7 Å². The van der Waals surface area contributed by atoms with Crippen molar-refractivity contribution in [1.29, 1.82) is 0 Å². The number of nitrogens with zero attached hydrogens (tertiary/aromatic N) is 4. The van der Waals surface area contributed by atoms with Crippen LogP contribution in [-0.4, -0.2) is 52.3 Å². The van der Waals surface area contributed by atoms with Gasteiger partial charge in [-0.3, -0.25) is 9.36 Å². The molecule has 1 atom stereocenters. The maximum absolute atomic E-state index is 13.2. The number of carbonyl (C=O) groups excluding carboxylic acids is 1. The Kier molecular flexibility index (Phi) is 7.67. The van der Waals surface area contributed by atoms with E-state index in [1.165, 1.54) is 11.8 Å². The molecule has 1 fully saturated rings. The fourth-order valence-electron chi connectivity index (χ4n) is 4.02. The van der Waals surface area contributed by atoms with Crippen LogP contribution in [-0.2, 0) is 16.1 Å². The minimum atomic E-state index is 0.0406. The van der Waals surface area contributed by atoms with Crippen LogP contribution in [0.25, 0.3) is 11.4 Å². The molecule has 3 aromatic rings. The van der Waals surface area contributed by atoms with Crippen molar-refractivity contribution in [3.8, 4) is 17.1 Å². The lowest BCUT2D eigenvalue weighted by Gasteiger charge is -2.26. The van der Waals surface area contributed by atoms with E-state index in [4.69, 9.17) is 9.47 Å². The van der Waals surface area contributed by atoms with Crippen molar-refractivity contribution >= 4 is 23.4 Å². The molecule has 0 spiro atoms. The van der Waals surface area contributed by atoms with E-state index >= 15 is 0 Å². The van der Waals surface area contributed by atoms with E-state index in [9.17, 15) is 4.79 Å². The first-order chi connectivity index (χ1) is 16.1. The number of carbonyl (C=O) groups is 1. The topological polar surface area (TPSA) is 69.5 Å². The van der Waals surface area contributed by atoms with Crippen LogP contribution in [0.3, 0.4) is 0 Å². The maximum Gasteiger partial charge on any atom is 0.237 e. The van der Waals surface area contributed by atoms with Crippen LogP contribution in [0.5, 0.6) is 5.75 Å². The van der Waals surface area contributed by atoms with E-state index < -0.39 is 0 Å². The Morgan fingerprint density at radius 3 is 2.58 bits per heavy atom. The molecule has 8 heteroatoms. The lowest BCUT2D eigenvalue weighted by molar-refractivity contribution is -0.116. The SMILES string of the molecule is COc1ccc(-c2nnc(SCC(=O)N(c3ccccc3)C(C)C)n2CC2CCCO2)cc1. The zero-order chi connectivity index (χ0) is 23.2. The smallest absolute Gasteiger partial charge is 0.237 e. The second-order valence-corrected chi connectivity index (χ2v) is 9.20. The molecule has 0 aliphatic carbocycles. The molecule has 0 saturated carbocycles. The number of hydrogen-bond donors (Lipinski definition) is 0. The predicted octanol–water partition coefficient (Wildman–Crippen LogP) is 4.67. The average molecular weight is 467 g/mol. The highest BCUT2D eigenvalue weighted by molar-refractivity contribution is 7.99. The minimum absolute atomic E-state index is 0.0406. The molecule has 33 heavy (non-hydrogen) atoms. The molecule has 0 bridgehead atoms. The molecule has 2 aromatic carbocycles. The fraction of sp³-hybridized carbons (Fsp3) is 0.400. The van der Waals surface area contributed by atoms with Gasteiger partial charge in [0.1, 0.15) is 5.75 Å². The number of benzene rings is 2. The standard InChI is InChI=1S/C25H30N4O3S/c1-18(2)29(20-8-5-4-6-9-20)23(30)17-33-25-27-26-24(19-11-13-21(31-3)14-12-19)28(25)16-22-10-7-15-32-22/h4-6,8-9,11-14,18,22H,7,10,15-17H2,1-3H3. The highest BCUT2D eigenvalue weighted by atomic mass is 32.2. The summed E-state index contributed by atoms with van der Waals surface area (Å²) in [4.78, 5) is 15.0. The van der Waals surface area contributed by atoms with Gasteiger partial charge in [0.15, 0.2) is 11.0 Å². The van der Waals surface area contributed by atoms with E-state index in [0.29, 0.717) is 6.54 Å². The lowest BCUT2D eigenvalue weighted by Crippen LogP contribution is -2.38. The maximum atomic E-state index is 13.2. The summed E-state index contributed by atoms with van der Waals surface area (Å²) >= 11 is 1.42. The Bertz CT molecular complexity index is 1050. The number of aromatic nitrogens is 3. The first-order valence-electron chi connectivity index (χ1n) is 11.3. The normalized spacial score (nSPS) is 15.7.